The number of aromatic nitrogens is 1. The Balaban J connectivity index is 2.14. The van der Waals surface area contributed by atoms with Crippen LogP contribution in [0.25, 0.3) is 0 Å². The van der Waals surface area contributed by atoms with E-state index in [1.54, 1.807) is 10.6 Å². The molecule has 2 rings (SSSR count). The van der Waals surface area contributed by atoms with Crippen LogP contribution in [0.15, 0.2) is 12.1 Å². The highest BCUT2D eigenvalue weighted by Gasteiger charge is 2.30. The van der Waals surface area contributed by atoms with Crippen molar-refractivity contribution in [1.82, 2.24) is 9.47 Å². The number of carboxylic acids is 1. The van der Waals surface area contributed by atoms with Crippen molar-refractivity contribution in [2.45, 2.75) is 13.0 Å². The zero-order valence-electron chi connectivity index (χ0n) is 10.4. The van der Waals surface area contributed by atoms with E-state index in [1.807, 2.05) is 20.0 Å². The molecule has 0 spiro atoms. The van der Waals surface area contributed by atoms with Crippen LogP contribution in [0.4, 0.5) is 0 Å². The average molecular weight is 252 g/mol. The number of aryl methyl sites for hydroxylation is 1. The van der Waals surface area contributed by atoms with Gasteiger partial charge in [0.15, 0.2) is 6.10 Å². The third-order valence-corrected chi connectivity index (χ3v) is 3.22. The van der Waals surface area contributed by atoms with Crippen LogP contribution < -0.4 is 0 Å². The second kappa shape index (κ2) is 4.81. The molecule has 1 aliphatic rings. The minimum Gasteiger partial charge on any atom is -0.479 e. The van der Waals surface area contributed by atoms with Crippen molar-refractivity contribution in [3.63, 3.8) is 0 Å². The predicted octanol–water partition coefficient (Wildman–Crippen LogP) is 0.259. The molecule has 1 aliphatic heterocycles. The van der Waals surface area contributed by atoms with Gasteiger partial charge in [-0.15, -0.1) is 0 Å². The van der Waals surface area contributed by atoms with Crippen molar-refractivity contribution in [1.29, 1.82) is 0 Å². The first kappa shape index (κ1) is 12.6. The Hall–Kier alpha value is -1.82. The number of aliphatic carboxylic acids is 1. The average Bonchev–Trinajstić information content (AvgIpc) is 2.69. The Morgan fingerprint density at radius 2 is 2.17 bits per heavy atom. The summed E-state index contributed by atoms with van der Waals surface area (Å²) in [5.74, 6) is -1.18. The molecule has 1 saturated heterocycles. The predicted molar refractivity (Wildman–Crippen MR) is 63.4 cm³/mol. The molecule has 1 fully saturated rings. The Bertz CT molecular complexity index is 480. The maximum Gasteiger partial charge on any atom is 0.334 e. The molecule has 6 nitrogen and oxygen atoms in total. The second-order valence-corrected chi connectivity index (χ2v) is 4.37. The molecule has 0 radical (unpaired) electrons. The van der Waals surface area contributed by atoms with Crippen LogP contribution in [-0.4, -0.2) is 52.3 Å². The van der Waals surface area contributed by atoms with E-state index in [9.17, 15) is 9.59 Å². The normalized spacial score (nSPS) is 19.9. The van der Waals surface area contributed by atoms with Gasteiger partial charge in [0.05, 0.1) is 13.2 Å². The molecule has 1 atom stereocenters. The van der Waals surface area contributed by atoms with Gasteiger partial charge in [0.1, 0.15) is 5.69 Å². The zero-order chi connectivity index (χ0) is 13.3. The fourth-order valence-electron chi connectivity index (χ4n) is 1.97. The van der Waals surface area contributed by atoms with Crippen molar-refractivity contribution >= 4 is 11.9 Å². The summed E-state index contributed by atoms with van der Waals surface area (Å²) in [7, 11) is 1.82. The molecule has 98 valence electrons. The van der Waals surface area contributed by atoms with Crippen molar-refractivity contribution in [3.05, 3.63) is 23.5 Å². The van der Waals surface area contributed by atoms with Gasteiger partial charge in [-0.2, -0.15) is 0 Å². The van der Waals surface area contributed by atoms with E-state index >= 15 is 0 Å². The van der Waals surface area contributed by atoms with Crippen molar-refractivity contribution < 1.29 is 19.4 Å². The fourth-order valence-corrected chi connectivity index (χ4v) is 1.97. The number of carbonyl (C=O) groups is 2. The molecule has 1 amide bonds. The first-order chi connectivity index (χ1) is 8.50. The largest absolute Gasteiger partial charge is 0.479 e. The van der Waals surface area contributed by atoms with Gasteiger partial charge < -0.3 is 19.3 Å². The number of nitrogens with zero attached hydrogens (tertiary/aromatic N) is 2. The van der Waals surface area contributed by atoms with E-state index in [0.29, 0.717) is 12.2 Å². The monoisotopic (exact) mass is 252 g/mol. The number of carbonyl (C=O) groups excluding carboxylic acids is 1. The van der Waals surface area contributed by atoms with Crippen LogP contribution >= 0.6 is 0 Å². The van der Waals surface area contributed by atoms with Crippen LogP contribution in [0.1, 0.15) is 16.2 Å². The molecule has 18 heavy (non-hydrogen) atoms. The summed E-state index contributed by atoms with van der Waals surface area (Å²) in [6.45, 7) is 2.69. The standard InChI is InChI=1S/C12H16N2O4/c1-8-3-4-9(13(8)2)11(15)14-5-6-18-10(7-14)12(16)17/h3-4,10H,5-7H2,1-2H3,(H,16,17)/t10-/m1/s1. The first-order valence-corrected chi connectivity index (χ1v) is 5.76. The Kier molecular flexibility index (Phi) is 3.38. The first-order valence-electron chi connectivity index (χ1n) is 5.76. The number of rotatable bonds is 2. The molecule has 0 saturated carbocycles. The zero-order valence-corrected chi connectivity index (χ0v) is 10.4. The summed E-state index contributed by atoms with van der Waals surface area (Å²) in [6.07, 6.45) is -0.927. The molecule has 0 aromatic carbocycles. The lowest BCUT2D eigenvalue weighted by Crippen LogP contribution is -2.48. The number of ether oxygens (including phenoxy) is 1. The highest BCUT2D eigenvalue weighted by Crippen LogP contribution is 2.13. The molecular weight excluding hydrogens is 236 g/mol. The van der Waals surface area contributed by atoms with Gasteiger partial charge in [-0.05, 0) is 19.1 Å². The van der Waals surface area contributed by atoms with Gasteiger partial charge in [-0.25, -0.2) is 4.79 Å². The topological polar surface area (TPSA) is 71.8 Å². The second-order valence-electron chi connectivity index (χ2n) is 4.37. The number of hydrogen-bond acceptors (Lipinski definition) is 3. The van der Waals surface area contributed by atoms with Gasteiger partial charge in [-0.1, -0.05) is 0 Å². The van der Waals surface area contributed by atoms with Gasteiger partial charge in [0.25, 0.3) is 5.91 Å². The summed E-state index contributed by atoms with van der Waals surface area (Å²) < 4.78 is 6.89. The van der Waals surface area contributed by atoms with Crippen molar-refractivity contribution in [3.8, 4) is 0 Å². The maximum absolute atomic E-state index is 12.3. The Morgan fingerprint density at radius 1 is 1.44 bits per heavy atom. The smallest absolute Gasteiger partial charge is 0.334 e. The van der Waals surface area contributed by atoms with Crippen LogP contribution in [0, 0.1) is 6.92 Å². The van der Waals surface area contributed by atoms with Gasteiger partial charge in [0, 0.05) is 19.3 Å². The lowest BCUT2D eigenvalue weighted by atomic mass is 10.2. The number of amides is 1. The lowest BCUT2D eigenvalue weighted by molar-refractivity contribution is -0.154. The van der Waals surface area contributed by atoms with Crippen LogP contribution in [-0.2, 0) is 16.6 Å². The quantitative estimate of drug-likeness (QED) is 0.819. The number of hydrogen-bond donors (Lipinski definition) is 1. The fraction of sp³-hybridized carbons (Fsp3) is 0.500. The highest BCUT2D eigenvalue weighted by molar-refractivity contribution is 5.93. The van der Waals surface area contributed by atoms with Crippen molar-refractivity contribution in [2.75, 3.05) is 19.7 Å². The van der Waals surface area contributed by atoms with Crippen molar-refractivity contribution in [2.24, 2.45) is 7.05 Å². The summed E-state index contributed by atoms with van der Waals surface area (Å²) in [5, 5.41) is 8.90. The summed E-state index contributed by atoms with van der Waals surface area (Å²) in [5.41, 5.74) is 1.56. The van der Waals surface area contributed by atoms with E-state index in [-0.39, 0.29) is 19.1 Å². The van der Waals surface area contributed by atoms with E-state index in [1.165, 1.54) is 4.90 Å². The molecule has 1 aromatic heterocycles. The van der Waals surface area contributed by atoms with Gasteiger partial charge in [0.2, 0.25) is 0 Å². The molecule has 2 heterocycles. The molecule has 1 aromatic rings. The van der Waals surface area contributed by atoms with Crippen LogP contribution in [0.5, 0.6) is 0 Å². The third kappa shape index (κ3) is 2.24. The number of carboxylic acid groups (broad SMARTS) is 1. The lowest BCUT2D eigenvalue weighted by Gasteiger charge is -2.30. The van der Waals surface area contributed by atoms with Gasteiger partial charge in [-0.3, -0.25) is 4.79 Å². The summed E-state index contributed by atoms with van der Waals surface area (Å²) in [6, 6.07) is 3.62. The third-order valence-electron chi connectivity index (χ3n) is 3.22. The minimum atomic E-state index is -1.03. The summed E-state index contributed by atoms with van der Waals surface area (Å²) in [4.78, 5) is 24.6. The van der Waals surface area contributed by atoms with E-state index in [4.69, 9.17) is 9.84 Å². The van der Waals surface area contributed by atoms with E-state index < -0.39 is 12.1 Å². The Labute approximate surface area is 105 Å². The molecule has 1 N–H and O–H groups in total. The van der Waals surface area contributed by atoms with Crippen LogP contribution in [0.3, 0.4) is 0 Å². The van der Waals surface area contributed by atoms with E-state index in [0.717, 1.165) is 5.69 Å². The molecule has 0 unspecified atom stereocenters. The number of morpholine rings is 1. The molecule has 0 bridgehead atoms. The molecular formula is C12H16N2O4. The molecule has 0 aliphatic carbocycles. The summed E-state index contributed by atoms with van der Waals surface area (Å²) >= 11 is 0. The molecule has 6 heteroatoms. The maximum atomic E-state index is 12.3. The van der Waals surface area contributed by atoms with Crippen LogP contribution in [0.2, 0.25) is 0 Å². The van der Waals surface area contributed by atoms with Gasteiger partial charge >= 0.3 is 5.97 Å². The highest BCUT2D eigenvalue weighted by atomic mass is 16.5. The minimum absolute atomic E-state index is 0.0956. The van der Waals surface area contributed by atoms with E-state index in [2.05, 4.69) is 0 Å². The Morgan fingerprint density at radius 3 is 2.72 bits per heavy atom. The SMILES string of the molecule is Cc1ccc(C(=O)N2CCO[C@@H](C(=O)O)C2)n1C.